The number of hydrogen-bond donors (Lipinski definition) is 0. The first-order valence-corrected chi connectivity index (χ1v) is 13.5. The number of fused-ring (bicyclic) bond motifs is 1. The van der Waals surface area contributed by atoms with Gasteiger partial charge in [-0.1, -0.05) is 86.0 Å². The summed E-state index contributed by atoms with van der Waals surface area (Å²) in [6.45, 7) is 19.3. The zero-order valence-corrected chi connectivity index (χ0v) is 23.2. The lowest BCUT2D eigenvalue weighted by Crippen LogP contribution is -2.21. The van der Waals surface area contributed by atoms with E-state index in [4.69, 9.17) is 9.47 Å². The molecule has 1 aliphatic rings. The van der Waals surface area contributed by atoms with E-state index in [1.165, 1.54) is 63.9 Å². The highest BCUT2D eigenvalue weighted by Crippen LogP contribution is 2.38. The summed E-state index contributed by atoms with van der Waals surface area (Å²) in [6.07, 6.45) is 13.7. The van der Waals surface area contributed by atoms with Crippen molar-refractivity contribution in [3.8, 4) is 11.5 Å². The van der Waals surface area contributed by atoms with Crippen molar-refractivity contribution in [2.75, 3.05) is 0 Å². The Morgan fingerprint density at radius 1 is 1.03 bits per heavy atom. The van der Waals surface area contributed by atoms with Crippen molar-refractivity contribution >= 4 is 5.97 Å². The molecule has 190 valence electrons. The van der Waals surface area contributed by atoms with Crippen LogP contribution in [0.3, 0.4) is 0 Å². The van der Waals surface area contributed by atoms with E-state index >= 15 is 0 Å². The number of aryl methyl sites for hydroxylation is 1. The van der Waals surface area contributed by atoms with Gasteiger partial charge in [0.25, 0.3) is 0 Å². The molecule has 0 saturated carbocycles. The van der Waals surface area contributed by atoms with Crippen LogP contribution in [0.5, 0.6) is 11.5 Å². The lowest BCUT2D eigenvalue weighted by Gasteiger charge is -2.27. The van der Waals surface area contributed by atoms with Gasteiger partial charge in [-0.25, -0.2) is 0 Å². The SMILES string of the molecule is CC(=O)Oc1cc(C)c2c(c1C)CCC(C)O2.CCCC(C)CCCC(C)CCCC(C)C. The Labute approximate surface area is 205 Å². The van der Waals surface area contributed by atoms with Crippen LogP contribution in [-0.4, -0.2) is 12.1 Å². The standard InChI is InChI=1S/C16H34.C14H18O3/c1-6-9-15(4)12-8-13-16(5)11-7-10-14(2)3;1-8-7-13(17-11(4)15)10(3)12-6-5-9(2)16-14(8)12/h14-16H,6-13H2,1-5H3;7,9H,5-6H2,1-4H3. The summed E-state index contributed by atoms with van der Waals surface area (Å²) >= 11 is 0. The van der Waals surface area contributed by atoms with E-state index in [1.54, 1.807) is 0 Å². The molecule has 0 bridgehead atoms. The molecule has 0 aliphatic carbocycles. The number of carbonyl (C=O) groups is 1. The predicted octanol–water partition coefficient (Wildman–Crippen LogP) is 9.00. The fraction of sp³-hybridized carbons (Fsp3) is 0.767. The van der Waals surface area contributed by atoms with E-state index in [0.717, 1.165) is 47.5 Å². The molecule has 2 rings (SSSR count). The van der Waals surface area contributed by atoms with E-state index in [0.29, 0.717) is 5.75 Å². The molecule has 3 atom stereocenters. The quantitative estimate of drug-likeness (QED) is 0.244. The van der Waals surface area contributed by atoms with Crippen molar-refractivity contribution in [3.05, 3.63) is 22.8 Å². The molecule has 0 aromatic heterocycles. The lowest BCUT2D eigenvalue weighted by atomic mass is 9.92. The highest BCUT2D eigenvalue weighted by atomic mass is 16.5. The molecule has 3 heteroatoms. The second-order valence-electron chi connectivity index (χ2n) is 10.9. The van der Waals surface area contributed by atoms with Gasteiger partial charge in [0.15, 0.2) is 0 Å². The van der Waals surface area contributed by atoms with Gasteiger partial charge in [-0.3, -0.25) is 4.79 Å². The van der Waals surface area contributed by atoms with Gasteiger partial charge in [0, 0.05) is 12.5 Å². The smallest absolute Gasteiger partial charge is 0.308 e. The van der Waals surface area contributed by atoms with E-state index in [9.17, 15) is 4.79 Å². The normalized spacial score (nSPS) is 16.8. The summed E-state index contributed by atoms with van der Waals surface area (Å²) in [4.78, 5) is 11.0. The molecule has 1 aliphatic heterocycles. The lowest BCUT2D eigenvalue weighted by molar-refractivity contribution is -0.131. The second-order valence-corrected chi connectivity index (χ2v) is 10.9. The Morgan fingerprint density at radius 2 is 1.61 bits per heavy atom. The van der Waals surface area contributed by atoms with Gasteiger partial charge in [0.1, 0.15) is 11.5 Å². The Morgan fingerprint density at radius 3 is 2.15 bits per heavy atom. The van der Waals surface area contributed by atoms with Crippen LogP contribution in [-0.2, 0) is 11.2 Å². The van der Waals surface area contributed by atoms with Crippen LogP contribution in [0.2, 0.25) is 0 Å². The number of rotatable bonds is 11. The average molecular weight is 461 g/mol. The molecule has 0 saturated heterocycles. The van der Waals surface area contributed by atoms with E-state index in [2.05, 4.69) is 41.5 Å². The van der Waals surface area contributed by atoms with Crippen LogP contribution >= 0.6 is 0 Å². The topological polar surface area (TPSA) is 35.5 Å². The average Bonchev–Trinajstić information content (AvgIpc) is 2.72. The first kappa shape index (κ1) is 29.5. The predicted molar refractivity (Wildman–Crippen MR) is 141 cm³/mol. The zero-order valence-electron chi connectivity index (χ0n) is 23.2. The Hall–Kier alpha value is -1.51. The number of carbonyl (C=O) groups excluding carboxylic acids is 1. The van der Waals surface area contributed by atoms with Crippen molar-refractivity contribution in [2.45, 2.75) is 133 Å². The molecule has 3 nitrogen and oxygen atoms in total. The first-order chi connectivity index (χ1) is 15.5. The third kappa shape index (κ3) is 11.5. The van der Waals surface area contributed by atoms with Gasteiger partial charge < -0.3 is 9.47 Å². The van der Waals surface area contributed by atoms with Crippen LogP contribution in [0, 0.1) is 31.6 Å². The molecule has 0 amide bonds. The molecule has 0 radical (unpaired) electrons. The monoisotopic (exact) mass is 460 g/mol. The van der Waals surface area contributed by atoms with Crippen molar-refractivity contribution in [2.24, 2.45) is 17.8 Å². The maximum Gasteiger partial charge on any atom is 0.308 e. The summed E-state index contributed by atoms with van der Waals surface area (Å²) in [5, 5.41) is 0. The maximum atomic E-state index is 11.0. The number of hydrogen-bond acceptors (Lipinski definition) is 3. The van der Waals surface area contributed by atoms with Crippen LogP contribution in [0.1, 0.15) is 123 Å². The molecular formula is C30H52O3. The Balaban J connectivity index is 0.000000331. The fourth-order valence-corrected chi connectivity index (χ4v) is 4.73. The van der Waals surface area contributed by atoms with Gasteiger partial charge in [0.05, 0.1) is 6.10 Å². The van der Waals surface area contributed by atoms with Crippen molar-refractivity contribution < 1.29 is 14.3 Å². The van der Waals surface area contributed by atoms with Crippen molar-refractivity contribution in [1.29, 1.82) is 0 Å². The summed E-state index contributed by atoms with van der Waals surface area (Å²) in [7, 11) is 0. The molecule has 0 spiro atoms. The van der Waals surface area contributed by atoms with Crippen LogP contribution in [0.25, 0.3) is 0 Å². The minimum absolute atomic E-state index is 0.264. The molecule has 1 aromatic carbocycles. The minimum Gasteiger partial charge on any atom is -0.490 e. The van der Waals surface area contributed by atoms with E-state index in [1.807, 2.05) is 19.9 Å². The highest BCUT2D eigenvalue weighted by Gasteiger charge is 2.22. The van der Waals surface area contributed by atoms with Gasteiger partial charge in [0.2, 0.25) is 0 Å². The van der Waals surface area contributed by atoms with Crippen LogP contribution in [0.15, 0.2) is 6.07 Å². The number of ether oxygens (including phenoxy) is 2. The van der Waals surface area contributed by atoms with Gasteiger partial charge >= 0.3 is 5.97 Å². The van der Waals surface area contributed by atoms with Crippen LogP contribution in [0.4, 0.5) is 0 Å². The number of esters is 1. The molecular weight excluding hydrogens is 408 g/mol. The zero-order chi connectivity index (χ0) is 25.0. The van der Waals surface area contributed by atoms with Crippen molar-refractivity contribution in [1.82, 2.24) is 0 Å². The summed E-state index contributed by atoms with van der Waals surface area (Å²) in [6, 6.07) is 1.88. The molecule has 0 fully saturated rings. The van der Waals surface area contributed by atoms with Gasteiger partial charge in [-0.2, -0.15) is 0 Å². The Bertz CT molecular complexity index is 707. The van der Waals surface area contributed by atoms with Gasteiger partial charge in [-0.15, -0.1) is 0 Å². The third-order valence-electron chi connectivity index (χ3n) is 6.83. The second kappa shape index (κ2) is 15.4. The van der Waals surface area contributed by atoms with Crippen LogP contribution < -0.4 is 9.47 Å². The van der Waals surface area contributed by atoms with Gasteiger partial charge in [-0.05, 0) is 68.6 Å². The molecule has 1 heterocycles. The largest absolute Gasteiger partial charge is 0.490 e. The number of benzene rings is 1. The molecule has 33 heavy (non-hydrogen) atoms. The minimum atomic E-state index is -0.280. The molecule has 1 aromatic rings. The van der Waals surface area contributed by atoms with E-state index in [-0.39, 0.29) is 12.1 Å². The third-order valence-corrected chi connectivity index (χ3v) is 6.83. The Kier molecular flexibility index (Phi) is 13.8. The van der Waals surface area contributed by atoms with Crippen molar-refractivity contribution in [3.63, 3.8) is 0 Å². The highest BCUT2D eigenvalue weighted by molar-refractivity contribution is 5.70. The fourth-order valence-electron chi connectivity index (χ4n) is 4.73. The molecule has 3 unspecified atom stereocenters. The molecule has 0 N–H and O–H groups in total. The first-order valence-electron chi connectivity index (χ1n) is 13.5. The van der Waals surface area contributed by atoms with E-state index < -0.39 is 0 Å². The maximum absolute atomic E-state index is 11.0. The summed E-state index contributed by atoms with van der Waals surface area (Å²) < 4.78 is 11.1. The summed E-state index contributed by atoms with van der Waals surface area (Å²) in [5.41, 5.74) is 3.24. The summed E-state index contributed by atoms with van der Waals surface area (Å²) in [5.74, 6) is 4.14.